The molecule has 0 radical (unpaired) electrons. The van der Waals surface area contributed by atoms with Crippen molar-refractivity contribution in [2.24, 2.45) is 0 Å². The molecule has 0 saturated heterocycles. The Bertz CT molecular complexity index is 1620. The maximum Gasteiger partial charge on any atom is 0.223 e. The number of imidazole rings is 1. The SMILES string of the molecule is CC(C)(C)Oc1ccc(-c2ccc3c(n2)Oc2c(F)cccc2C3C(C)(C)c2nc3nccnc3[nH]2)cc1. The third kappa shape index (κ3) is 4.16. The lowest BCUT2D eigenvalue weighted by molar-refractivity contribution is 0.131. The van der Waals surface area contributed by atoms with Crippen LogP contribution in [0.3, 0.4) is 0 Å². The lowest BCUT2D eigenvalue weighted by atomic mass is 9.69. The minimum Gasteiger partial charge on any atom is -0.488 e. The van der Waals surface area contributed by atoms with Crippen molar-refractivity contribution < 1.29 is 13.9 Å². The first kappa shape index (κ1) is 24.0. The van der Waals surface area contributed by atoms with Gasteiger partial charge in [-0.2, -0.15) is 0 Å². The van der Waals surface area contributed by atoms with Crippen molar-refractivity contribution in [3.63, 3.8) is 0 Å². The Morgan fingerprint density at radius 2 is 1.63 bits per heavy atom. The van der Waals surface area contributed by atoms with Gasteiger partial charge in [-0.1, -0.05) is 32.0 Å². The number of nitrogens with zero attached hydrogens (tertiary/aromatic N) is 4. The van der Waals surface area contributed by atoms with E-state index >= 15 is 4.39 Å². The van der Waals surface area contributed by atoms with Gasteiger partial charge in [0.2, 0.25) is 5.88 Å². The summed E-state index contributed by atoms with van der Waals surface area (Å²) in [6.07, 6.45) is 3.24. The zero-order valence-electron chi connectivity index (χ0n) is 21.9. The van der Waals surface area contributed by atoms with E-state index in [2.05, 4.69) is 28.8 Å². The van der Waals surface area contributed by atoms with Gasteiger partial charge in [-0.15, -0.1) is 0 Å². The molecule has 1 aliphatic heterocycles. The fourth-order valence-electron chi connectivity index (χ4n) is 5.05. The van der Waals surface area contributed by atoms with E-state index in [1.165, 1.54) is 6.07 Å². The molecule has 0 spiro atoms. The Hall–Kier alpha value is -4.33. The highest BCUT2D eigenvalue weighted by Gasteiger charge is 2.43. The smallest absolute Gasteiger partial charge is 0.223 e. The van der Waals surface area contributed by atoms with Crippen LogP contribution in [0.4, 0.5) is 4.39 Å². The Morgan fingerprint density at radius 1 is 0.868 bits per heavy atom. The summed E-state index contributed by atoms with van der Waals surface area (Å²) in [5.41, 5.74) is 3.47. The number of pyridine rings is 1. The second-order valence-corrected chi connectivity index (χ2v) is 11.1. The number of ether oxygens (including phenoxy) is 2. The fraction of sp³-hybridized carbons (Fsp3) is 0.267. The Balaban J connectivity index is 1.44. The third-order valence-electron chi connectivity index (χ3n) is 6.75. The largest absolute Gasteiger partial charge is 0.488 e. The van der Waals surface area contributed by atoms with Gasteiger partial charge in [-0.3, -0.25) is 0 Å². The van der Waals surface area contributed by atoms with E-state index in [-0.39, 0.29) is 17.3 Å². The van der Waals surface area contributed by atoms with E-state index < -0.39 is 11.2 Å². The van der Waals surface area contributed by atoms with Crippen molar-refractivity contribution in [2.45, 2.75) is 51.6 Å². The van der Waals surface area contributed by atoms with Crippen LogP contribution in [0.5, 0.6) is 17.4 Å². The number of halogens is 1. The number of rotatable bonds is 4. The molecule has 0 aliphatic carbocycles. The van der Waals surface area contributed by atoms with Crippen molar-refractivity contribution in [1.29, 1.82) is 0 Å². The summed E-state index contributed by atoms with van der Waals surface area (Å²) in [5.74, 6) is 1.32. The summed E-state index contributed by atoms with van der Waals surface area (Å²) in [5, 5.41) is 0. The molecule has 0 amide bonds. The van der Waals surface area contributed by atoms with Crippen LogP contribution in [-0.4, -0.2) is 30.5 Å². The minimum atomic E-state index is -0.599. The molecule has 3 aromatic heterocycles. The highest BCUT2D eigenvalue weighted by Crippen LogP contribution is 2.52. The van der Waals surface area contributed by atoms with Crippen LogP contribution in [-0.2, 0) is 5.41 Å². The van der Waals surface area contributed by atoms with E-state index in [0.717, 1.165) is 28.1 Å². The molecule has 0 fully saturated rings. The number of aromatic nitrogens is 5. The predicted molar refractivity (Wildman–Crippen MR) is 143 cm³/mol. The molecule has 5 aromatic rings. The van der Waals surface area contributed by atoms with E-state index in [1.54, 1.807) is 18.5 Å². The quantitative estimate of drug-likeness (QED) is 0.282. The summed E-state index contributed by atoms with van der Waals surface area (Å²) < 4.78 is 27.1. The average Bonchev–Trinajstić information content (AvgIpc) is 3.32. The zero-order valence-corrected chi connectivity index (χ0v) is 21.9. The lowest BCUT2D eigenvalue weighted by Gasteiger charge is -2.37. The second kappa shape index (κ2) is 8.62. The molecule has 4 heterocycles. The molecule has 6 rings (SSSR count). The third-order valence-corrected chi connectivity index (χ3v) is 6.75. The van der Waals surface area contributed by atoms with Crippen molar-refractivity contribution in [3.05, 3.63) is 89.8 Å². The molecule has 192 valence electrons. The van der Waals surface area contributed by atoms with Gasteiger partial charge in [0.15, 0.2) is 22.9 Å². The molecule has 1 unspecified atom stereocenters. The maximum absolute atomic E-state index is 15.1. The molecule has 7 nitrogen and oxygen atoms in total. The Morgan fingerprint density at radius 3 is 2.37 bits per heavy atom. The van der Waals surface area contributed by atoms with Crippen molar-refractivity contribution in [2.75, 3.05) is 0 Å². The van der Waals surface area contributed by atoms with Gasteiger partial charge >= 0.3 is 0 Å². The molecule has 1 atom stereocenters. The highest BCUT2D eigenvalue weighted by molar-refractivity contribution is 5.66. The molecule has 2 aromatic carbocycles. The van der Waals surface area contributed by atoms with Crippen LogP contribution < -0.4 is 9.47 Å². The first-order chi connectivity index (χ1) is 18.1. The van der Waals surface area contributed by atoms with Gasteiger partial charge in [0, 0.05) is 40.4 Å². The summed E-state index contributed by atoms with van der Waals surface area (Å²) in [4.78, 5) is 21.6. The number of fused-ring (bicyclic) bond motifs is 3. The Kier molecular flexibility index (Phi) is 5.45. The summed E-state index contributed by atoms with van der Waals surface area (Å²) in [7, 11) is 0. The van der Waals surface area contributed by atoms with Gasteiger partial charge in [-0.05, 0) is 57.2 Å². The topological polar surface area (TPSA) is 85.8 Å². The monoisotopic (exact) mass is 509 g/mol. The normalized spacial score (nSPS) is 15.1. The number of aromatic amines is 1. The molecular formula is C30H28FN5O2. The van der Waals surface area contributed by atoms with Crippen LogP contribution in [0.15, 0.2) is 67.0 Å². The van der Waals surface area contributed by atoms with Crippen molar-refractivity contribution in [1.82, 2.24) is 24.9 Å². The van der Waals surface area contributed by atoms with E-state index in [4.69, 9.17) is 19.4 Å². The zero-order chi connectivity index (χ0) is 26.7. The molecule has 0 bridgehead atoms. The van der Waals surface area contributed by atoms with Gasteiger partial charge < -0.3 is 14.5 Å². The molecule has 38 heavy (non-hydrogen) atoms. The van der Waals surface area contributed by atoms with Crippen LogP contribution >= 0.6 is 0 Å². The van der Waals surface area contributed by atoms with Crippen LogP contribution in [0, 0.1) is 5.82 Å². The highest BCUT2D eigenvalue weighted by atomic mass is 19.1. The number of benzene rings is 2. The first-order valence-corrected chi connectivity index (χ1v) is 12.5. The number of H-pyrrole nitrogens is 1. The molecule has 8 heteroatoms. The minimum absolute atomic E-state index is 0.184. The van der Waals surface area contributed by atoms with Crippen molar-refractivity contribution >= 4 is 11.3 Å². The van der Waals surface area contributed by atoms with Crippen LogP contribution in [0.2, 0.25) is 0 Å². The van der Waals surface area contributed by atoms with Crippen LogP contribution in [0.1, 0.15) is 57.5 Å². The van der Waals surface area contributed by atoms with Gasteiger partial charge in [0.25, 0.3) is 0 Å². The fourth-order valence-corrected chi connectivity index (χ4v) is 5.05. The number of nitrogens with one attached hydrogen (secondary N) is 1. The first-order valence-electron chi connectivity index (χ1n) is 12.5. The standard InChI is InChI=1S/C30H28FN5O2/c1-29(2,3)38-18-11-9-17(10-12-18)22-14-13-20-23(19-7-6-8-21(31)24(19)37-27(20)34-22)30(4,5)28-35-25-26(36-28)33-16-15-32-25/h6-16,23H,1-5H3,(H,32,33,35,36). The molecular weight excluding hydrogens is 481 g/mol. The molecule has 1 N–H and O–H groups in total. The van der Waals surface area contributed by atoms with E-state index in [9.17, 15) is 0 Å². The number of hydrogen-bond donors (Lipinski definition) is 1. The summed E-state index contributed by atoms with van der Waals surface area (Å²) in [6.45, 7) is 10.2. The Labute approximate surface area is 220 Å². The van der Waals surface area contributed by atoms with E-state index in [0.29, 0.717) is 23.0 Å². The number of hydrogen-bond acceptors (Lipinski definition) is 6. The second-order valence-electron chi connectivity index (χ2n) is 11.1. The van der Waals surface area contributed by atoms with Gasteiger partial charge in [0.05, 0.1) is 5.69 Å². The van der Waals surface area contributed by atoms with Gasteiger partial charge in [-0.25, -0.2) is 24.3 Å². The molecule has 1 aliphatic rings. The summed E-state index contributed by atoms with van der Waals surface area (Å²) in [6, 6.07) is 16.8. The van der Waals surface area contributed by atoms with Crippen LogP contribution in [0.25, 0.3) is 22.6 Å². The average molecular weight is 510 g/mol. The summed E-state index contributed by atoms with van der Waals surface area (Å²) >= 11 is 0. The maximum atomic E-state index is 15.1. The molecule has 0 saturated carbocycles. The van der Waals surface area contributed by atoms with E-state index in [1.807, 2.05) is 63.2 Å². The number of para-hydroxylation sites is 1. The lowest BCUT2D eigenvalue weighted by Crippen LogP contribution is -2.32. The van der Waals surface area contributed by atoms with Gasteiger partial charge in [0.1, 0.15) is 17.2 Å². The van der Waals surface area contributed by atoms with Crippen molar-refractivity contribution in [3.8, 4) is 28.6 Å². The predicted octanol–water partition coefficient (Wildman–Crippen LogP) is 6.95.